The van der Waals surface area contributed by atoms with Crippen LogP contribution in [0.15, 0.2) is 18.2 Å². The van der Waals surface area contributed by atoms with E-state index in [1.807, 2.05) is 6.07 Å². The van der Waals surface area contributed by atoms with Gasteiger partial charge in [0, 0.05) is 32.2 Å². The van der Waals surface area contributed by atoms with E-state index in [1.54, 1.807) is 12.1 Å². The van der Waals surface area contributed by atoms with Gasteiger partial charge in [-0.25, -0.2) is 4.39 Å². The van der Waals surface area contributed by atoms with E-state index >= 15 is 0 Å². The first-order chi connectivity index (χ1) is 10.3. The number of ether oxygens (including phenoxy) is 1. The minimum atomic E-state index is -0.242. The molecule has 1 saturated heterocycles. The first kappa shape index (κ1) is 14.8. The van der Waals surface area contributed by atoms with E-state index in [-0.39, 0.29) is 5.82 Å². The summed E-state index contributed by atoms with van der Waals surface area (Å²) in [5, 5.41) is 3.41. The Hall–Kier alpha value is -1.13. The second-order valence-corrected chi connectivity index (χ2v) is 6.17. The van der Waals surface area contributed by atoms with Gasteiger partial charge in [-0.3, -0.25) is 4.90 Å². The van der Waals surface area contributed by atoms with Crippen LogP contribution in [0.2, 0.25) is 0 Å². The van der Waals surface area contributed by atoms with Gasteiger partial charge in [-0.15, -0.1) is 0 Å². The van der Waals surface area contributed by atoms with Crippen molar-refractivity contribution in [1.82, 2.24) is 10.2 Å². The van der Waals surface area contributed by atoms with Crippen LogP contribution in [0.4, 0.5) is 4.39 Å². The van der Waals surface area contributed by atoms with Crippen LogP contribution < -0.4 is 10.1 Å². The van der Waals surface area contributed by atoms with E-state index in [2.05, 4.69) is 10.2 Å². The second-order valence-electron chi connectivity index (χ2n) is 6.17. The average molecular weight is 292 g/mol. The van der Waals surface area contributed by atoms with Crippen LogP contribution in [0.5, 0.6) is 5.75 Å². The normalized spacial score (nSPS) is 22.4. The SMILES string of the molecule is COc1ccc([C@H](C2CCCC2)N2CCNCC2)cc1F. The summed E-state index contributed by atoms with van der Waals surface area (Å²) in [5.74, 6) is 0.758. The zero-order chi connectivity index (χ0) is 14.7. The molecular weight excluding hydrogens is 267 g/mol. The maximum absolute atomic E-state index is 14.1. The van der Waals surface area contributed by atoms with Crippen LogP contribution in [0, 0.1) is 11.7 Å². The average Bonchev–Trinajstić information content (AvgIpc) is 3.03. The molecule has 1 heterocycles. The molecule has 2 aliphatic rings. The standard InChI is InChI=1S/C17H25FN2O/c1-21-16-7-6-14(12-15(16)18)17(13-4-2-3-5-13)20-10-8-19-9-11-20/h6-7,12-13,17,19H,2-5,8-11H2,1H3/t17-/m0/s1. The zero-order valence-electron chi connectivity index (χ0n) is 12.8. The van der Waals surface area contributed by atoms with Gasteiger partial charge >= 0.3 is 0 Å². The lowest BCUT2D eigenvalue weighted by Gasteiger charge is -2.38. The number of nitrogens with zero attached hydrogens (tertiary/aromatic N) is 1. The highest BCUT2D eigenvalue weighted by molar-refractivity contribution is 5.31. The van der Waals surface area contributed by atoms with Crippen molar-refractivity contribution in [3.63, 3.8) is 0 Å². The van der Waals surface area contributed by atoms with Gasteiger partial charge in [-0.1, -0.05) is 18.9 Å². The molecule has 1 aromatic carbocycles. The molecule has 0 radical (unpaired) electrons. The molecule has 0 aromatic heterocycles. The van der Waals surface area contributed by atoms with Gasteiger partial charge in [-0.05, 0) is 36.5 Å². The first-order valence-corrected chi connectivity index (χ1v) is 8.08. The highest BCUT2D eigenvalue weighted by Crippen LogP contribution is 2.40. The molecule has 1 aliphatic heterocycles. The number of rotatable bonds is 4. The molecule has 4 heteroatoms. The Morgan fingerprint density at radius 1 is 1.24 bits per heavy atom. The summed E-state index contributed by atoms with van der Waals surface area (Å²) in [7, 11) is 1.52. The molecule has 0 bridgehead atoms. The van der Waals surface area contributed by atoms with Crippen LogP contribution in [0.25, 0.3) is 0 Å². The topological polar surface area (TPSA) is 24.5 Å². The van der Waals surface area contributed by atoms with E-state index in [4.69, 9.17) is 4.74 Å². The summed E-state index contributed by atoms with van der Waals surface area (Å²) in [6.45, 7) is 4.16. The number of halogens is 1. The van der Waals surface area contributed by atoms with E-state index in [0.29, 0.717) is 17.7 Å². The number of hydrogen-bond acceptors (Lipinski definition) is 3. The number of nitrogens with one attached hydrogen (secondary N) is 1. The lowest BCUT2D eigenvalue weighted by molar-refractivity contribution is 0.125. The second kappa shape index (κ2) is 6.75. The Labute approximate surface area is 126 Å². The summed E-state index contributed by atoms with van der Waals surface area (Å²) >= 11 is 0. The minimum Gasteiger partial charge on any atom is -0.494 e. The van der Waals surface area contributed by atoms with Crippen molar-refractivity contribution in [1.29, 1.82) is 0 Å². The third-order valence-electron chi connectivity index (χ3n) is 4.91. The molecule has 1 atom stereocenters. The van der Waals surface area contributed by atoms with Crippen molar-refractivity contribution in [2.24, 2.45) is 5.92 Å². The highest BCUT2D eigenvalue weighted by Gasteiger charge is 2.32. The van der Waals surface area contributed by atoms with Gasteiger partial charge in [0.1, 0.15) is 0 Å². The molecule has 0 amide bonds. The van der Waals surface area contributed by atoms with Crippen molar-refractivity contribution in [3.8, 4) is 5.75 Å². The monoisotopic (exact) mass is 292 g/mol. The largest absolute Gasteiger partial charge is 0.494 e. The third kappa shape index (κ3) is 3.22. The van der Waals surface area contributed by atoms with Crippen LogP contribution in [-0.4, -0.2) is 38.2 Å². The Kier molecular flexibility index (Phi) is 4.76. The fourth-order valence-electron chi connectivity index (χ4n) is 3.88. The van der Waals surface area contributed by atoms with Crippen molar-refractivity contribution >= 4 is 0 Å². The number of piperazine rings is 1. The van der Waals surface area contributed by atoms with E-state index in [1.165, 1.54) is 32.8 Å². The number of hydrogen-bond donors (Lipinski definition) is 1. The van der Waals surface area contributed by atoms with Crippen molar-refractivity contribution in [2.75, 3.05) is 33.3 Å². The fraction of sp³-hybridized carbons (Fsp3) is 0.647. The molecule has 0 spiro atoms. The van der Waals surface area contributed by atoms with Gasteiger partial charge < -0.3 is 10.1 Å². The Bertz CT molecular complexity index is 468. The molecular formula is C17H25FN2O. The molecule has 3 rings (SSSR count). The first-order valence-electron chi connectivity index (χ1n) is 8.08. The van der Waals surface area contributed by atoms with Gasteiger partial charge in [0.05, 0.1) is 7.11 Å². The van der Waals surface area contributed by atoms with Gasteiger partial charge in [-0.2, -0.15) is 0 Å². The predicted molar refractivity (Wildman–Crippen MR) is 82.1 cm³/mol. The Morgan fingerprint density at radius 3 is 2.57 bits per heavy atom. The molecule has 1 N–H and O–H groups in total. The number of methoxy groups -OCH3 is 1. The molecule has 1 aliphatic carbocycles. The molecule has 1 aromatic rings. The molecule has 116 valence electrons. The molecule has 2 fully saturated rings. The minimum absolute atomic E-state index is 0.242. The van der Waals surface area contributed by atoms with E-state index < -0.39 is 0 Å². The van der Waals surface area contributed by atoms with Crippen LogP contribution in [0.3, 0.4) is 0 Å². The molecule has 3 nitrogen and oxygen atoms in total. The summed E-state index contributed by atoms with van der Waals surface area (Å²) < 4.78 is 19.2. The quantitative estimate of drug-likeness (QED) is 0.923. The fourth-order valence-corrected chi connectivity index (χ4v) is 3.88. The van der Waals surface area contributed by atoms with E-state index in [0.717, 1.165) is 31.7 Å². The van der Waals surface area contributed by atoms with Gasteiger partial charge in [0.2, 0.25) is 0 Å². The lowest BCUT2D eigenvalue weighted by atomic mass is 9.89. The van der Waals surface area contributed by atoms with Gasteiger partial charge in [0.15, 0.2) is 11.6 Å². The van der Waals surface area contributed by atoms with Crippen LogP contribution in [-0.2, 0) is 0 Å². The summed E-state index contributed by atoms with van der Waals surface area (Å²) in [5.41, 5.74) is 1.11. The number of benzene rings is 1. The molecule has 21 heavy (non-hydrogen) atoms. The summed E-state index contributed by atoms with van der Waals surface area (Å²) in [4.78, 5) is 2.54. The maximum atomic E-state index is 14.1. The van der Waals surface area contributed by atoms with Gasteiger partial charge in [0.25, 0.3) is 0 Å². The Morgan fingerprint density at radius 2 is 1.95 bits per heavy atom. The summed E-state index contributed by atoms with van der Waals surface area (Å²) in [6, 6.07) is 5.86. The molecule has 1 saturated carbocycles. The maximum Gasteiger partial charge on any atom is 0.165 e. The highest BCUT2D eigenvalue weighted by atomic mass is 19.1. The zero-order valence-corrected chi connectivity index (χ0v) is 12.8. The predicted octanol–water partition coefficient (Wildman–Crippen LogP) is 2.97. The summed E-state index contributed by atoms with van der Waals surface area (Å²) in [6.07, 6.45) is 5.16. The van der Waals surface area contributed by atoms with Crippen molar-refractivity contribution in [2.45, 2.75) is 31.7 Å². The van der Waals surface area contributed by atoms with Crippen LogP contribution in [0.1, 0.15) is 37.3 Å². The lowest BCUT2D eigenvalue weighted by Crippen LogP contribution is -2.46. The smallest absolute Gasteiger partial charge is 0.165 e. The molecule has 0 unspecified atom stereocenters. The van der Waals surface area contributed by atoms with Crippen molar-refractivity contribution < 1.29 is 9.13 Å². The van der Waals surface area contributed by atoms with Crippen molar-refractivity contribution in [3.05, 3.63) is 29.6 Å². The van der Waals surface area contributed by atoms with E-state index in [9.17, 15) is 4.39 Å². The van der Waals surface area contributed by atoms with Crippen LogP contribution >= 0.6 is 0 Å². The Balaban J connectivity index is 1.88. The third-order valence-corrected chi connectivity index (χ3v) is 4.91.